The molecule has 0 aromatic heterocycles. The molecule has 2 N–H and O–H groups in total. The summed E-state index contributed by atoms with van der Waals surface area (Å²) in [5.41, 5.74) is 0.388. The van der Waals surface area contributed by atoms with Crippen LogP contribution in [0.2, 0.25) is 0 Å². The summed E-state index contributed by atoms with van der Waals surface area (Å²) in [5, 5.41) is 5.00. The van der Waals surface area contributed by atoms with Gasteiger partial charge < -0.3 is 24.8 Å². The molecule has 0 heterocycles. The van der Waals surface area contributed by atoms with Gasteiger partial charge in [-0.2, -0.15) is 0 Å². The number of hydrogen-bond acceptors (Lipinski definition) is 6. The number of carbonyl (C=O) groups excluding carboxylic acids is 3. The molecule has 0 unspecified atom stereocenters. The van der Waals surface area contributed by atoms with Gasteiger partial charge in [-0.15, -0.1) is 0 Å². The van der Waals surface area contributed by atoms with Crippen LogP contribution < -0.4 is 15.4 Å². The molecule has 0 atom stereocenters. The Hall–Kier alpha value is -2.61. The first kappa shape index (κ1) is 19.4. The van der Waals surface area contributed by atoms with E-state index >= 15 is 0 Å². The van der Waals surface area contributed by atoms with Gasteiger partial charge in [0.1, 0.15) is 12.3 Å². The number of hydrogen-bond donors (Lipinski definition) is 2. The zero-order valence-corrected chi connectivity index (χ0v) is 13.8. The van der Waals surface area contributed by atoms with E-state index in [1.54, 1.807) is 31.4 Å². The van der Waals surface area contributed by atoms with Crippen molar-refractivity contribution < 1.29 is 28.6 Å². The highest BCUT2D eigenvalue weighted by molar-refractivity contribution is 5.96. The zero-order valence-electron chi connectivity index (χ0n) is 13.8. The van der Waals surface area contributed by atoms with Gasteiger partial charge in [-0.05, 0) is 30.7 Å². The summed E-state index contributed by atoms with van der Waals surface area (Å²) in [7, 11) is 3.10. The Bertz CT molecular complexity index is 544. The Labute approximate surface area is 140 Å². The molecule has 1 aromatic carbocycles. The molecule has 0 aliphatic rings. The minimum Gasteiger partial charge on any atom is -0.497 e. The van der Waals surface area contributed by atoms with Crippen molar-refractivity contribution in [2.45, 2.75) is 6.42 Å². The summed E-state index contributed by atoms with van der Waals surface area (Å²) in [6, 6.07) is 6.43. The molecular formula is C16H22N2O6. The van der Waals surface area contributed by atoms with Gasteiger partial charge in [-0.25, -0.2) is 0 Å². The quantitative estimate of drug-likeness (QED) is 0.464. The summed E-state index contributed by atoms with van der Waals surface area (Å²) in [6.45, 7) is 0.280. The molecule has 1 aromatic rings. The highest BCUT2D eigenvalue weighted by atomic mass is 16.5. The third kappa shape index (κ3) is 7.59. The molecule has 0 aliphatic heterocycles. The number of esters is 1. The molecule has 8 nitrogen and oxygen atoms in total. The minimum atomic E-state index is -0.691. The topological polar surface area (TPSA) is 103 Å². The smallest absolute Gasteiger partial charge is 0.325 e. The average molecular weight is 338 g/mol. The van der Waals surface area contributed by atoms with Crippen molar-refractivity contribution in [1.82, 2.24) is 10.6 Å². The molecule has 0 radical (unpaired) electrons. The van der Waals surface area contributed by atoms with E-state index in [-0.39, 0.29) is 13.2 Å². The van der Waals surface area contributed by atoms with Crippen LogP contribution in [0, 0.1) is 0 Å². The van der Waals surface area contributed by atoms with Crippen molar-refractivity contribution >= 4 is 17.8 Å². The summed E-state index contributed by atoms with van der Waals surface area (Å²) < 4.78 is 14.6. The van der Waals surface area contributed by atoms with E-state index in [0.29, 0.717) is 30.9 Å². The Kier molecular flexibility index (Phi) is 8.91. The maximum Gasteiger partial charge on any atom is 0.325 e. The lowest BCUT2D eigenvalue weighted by Crippen LogP contribution is -2.34. The molecule has 8 heteroatoms. The van der Waals surface area contributed by atoms with Gasteiger partial charge in [0.25, 0.3) is 11.8 Å². The summed E-state index contributed by atoms with van der Waals surface area (Å²) in [4.78, 5) is 34.7. The van der Waals surface area contributed by atoms with Crippen LogP contribution in [-0.2, 0) is 19.1 Å². The van der Waals surface area contributed by atoms with Gasteiger partial charge in [-0.1, -0.05) is 0 Å². The first-order valence-electron chi connectivity index (χ1n) is 7.40. The van der Waals surface area contributed by atoms with Crippen molar-refractivity contribution in [3.63, 3.8) is 0 Å². The molecule has 0 fully saturated rings. The van der Waals surface area contributed by atoms with E-state index in [9.17, 15) is 14.4 Å². The summed E-state index contributed by atoms with van der Waals surface area (Å²) >= 11 is 0. The van der Waals surface area contributed by atoms with Gasteiger partial charge in [-0.3, -0.25) is 14.4 Å². The van der Waals surface area contributed by atoms with E-state index in [1.165, 1.54) is 7.11 Å². The number of nitrogens with one attached hydrogen (secondary N) is 2. The SMILES string of the molecule is COCCCNC(=O)COC(=O)CNC(=O)c1ccc(OC)cc1. The van der Waals surface area contributed by atoms with Gasteiger partial charge in [0.2, 0.25) is 0 Å². The zero-order chi connectivity index (χ0) is 17.8. The van der Waals surface area contributed by atoms with E-state index in [1.807, 2.05) is 0 Å². The van der Waals surface area contributed by atoms with E-state index in [2.05, 4.69) is 10.6 Å². The van der Waals surface area contributed by atoms with Gasteiger partial charge in [0.05, 0.1) is 7.11 Å². The van der Waals surface area contributed by atoms with Gasteiger partial charge in [0, 0.05) is 25.8 Å². The van der Waals surface area contributed by atoms with Crippen LogP contribution in [0.1, 0.15) is 16.8 Å². The van der Waals surface area contributed by atoms with Crippen LogP contribution >= 0.6 is 0 Å². The molecule has 24 heavy (non-hydrogen) atoms. The largest absolute Gasteiger partial charge is 0.497 e. The van der Waals surface area contributed by atoms with Crippen LogP contribution in [-0.4, -0.2) is 58.3 Å². The molecule has 132 valence electrons. The second-order valence-corrected chi connectivity index (χ2v) is 4.77. The predicted molar refractivity (Wildman–Crippen MR) is 85.8 cm³/mol. The van der Waals surface area contributed by atoms with Crippen LogP contribution in [0.3, 0.4) is 0 Å². The van der Waals surface area contributed by atoms with E-state index in [4.69, 9.17) is 14.2 Å². The Morgan fingerprint density at radius 2 is 1.75 bits per heavy atom. The summed E-state index contributed by atoms with van der Waals surface area (Å²) in [6.07, 6.45) is 0.675. The first-order valence-corrected chi connectivity index (χ1v) is 7.40. The number of methoxy groups -OCH3 is 2. The first-order chi connectivity index (χ1) is 11.6. The van der Waals surface area contributed by atoms with Crippen molar-refractivity contribution in [2.75, 3.05) is 40.5 Å². The summed E-state index contributed by atoms with van der Waals surface area (Å²) in [5.74, 6) is -0.883. The van der Waals surface area contributed by atoms with Crippen molar-refractivity contribution in [3.05, 3.63) is 29.8 Å². The van der Waals surface area contributed by atoms with Crippen LogP contribution in [0.5, 0.6) is 5.75 Å². The molecule has 0 spiro atoms. The Morgan fingerprint density at radius 3 is 2.38 bits per heavy atom. The number of amides is 2. The maximum atomic E-state index is 11.8. The normalized spacial score (nSPS) is 9.92. The lowest BCUT2D eigenvalue weighted by molar-refractivity contribution is -0.147. The van der Waals surface area contributed by atoms with Crippen molar-refractivity contribution in [2.24, 2.45) is 0 Å². The number of benzene rings is 1. The highest BCUT2D eigenvalue weighted by Gasteiger charge is 2.10. The molecule has 1 rings (SSSR count). The Balaban J connectivity index is 2.22. The fourth-order valence-corrected chi connectivity index (χ4v) is 1.69. The van der Waals surface area contributed by atoms with E-state index < -0.39 is 17.8 Å². The highest BCUT2D eigenvalue weighted by Crippen LogP contribution is 2.10. The van der Waals surface area contributed by atoms with Crippen molar-refractivity contribution in [3.8, 4) is 5.75 Å². The Morgan fingerprint density at radius 1 is 1.04 bits per heavy atom. The number of rotatable bonds is 10. The van der Waals surface area contributed by atoms with Gasteiger partial charge in [0.15, 0.2) is 6.61 Å². The molecule has 0 bridgehead atoms. The molecule has 0 saturated carbocycles. The predicted octanol–water partition coefficient (Wildman–Crippen LogP) is 0.121. The minimum absolute atomic E-state index is 0.318. The second kappa shape index (κ2) is 11.0. The number of carbonyl (C=O) groups is 3. The van der Waals surface area contributed by atoms with Crippen LogP contribution in [0.25, 0.3) is 0 Å². The van der Waals surface area contributed by atoms with E-state index in [0.717, 1.165) is 0 Å². The maximum absolute atomic E-state index is 11.8. The molecular weight excluding hydrogens is 316 g/mol. The standard InChI is InChI=1S/C16H22N2O6/c1-22-9-3-8-17-14(19)11-24-15(20)10-18-16(21)12-4-6-13(23-2)7-5-12/h4-7H,3,8-11H2,1-2H3,(H,17,19)(H,18,21). The number of ether oxygens (including phenoxy) is 3. The van der Waals surface area contributed by atoms with Crippen LogP contribution in [0.15, 0.2) is 24.3 Å². The van der Waals surface area contributed by atoms with Crippen molar-refractivity contribution in [1.29, 1.82) is 0 Å². The fourth-order valence-electron chi connectivity index (χ4n) is 1.69. The lowest BCUT2D eigenvalue weighted by Gasteiger charge is -2.08. The molecule has 0 aliphatic carbocycles. The monoisotopic (exact) mass is 338 g/mol. The third-order valence-electron chi connectivity index (χ3n) is 2.96. The van der Waals surface area contributed by atoms with Crippen LogP contribution in [0.4, 0.5) is 0 Å². The third-order valence-corrected chi connectivity index (χ3v) is 2.96. The molecule has 0 saturated heterocycles. The second-order valence-electron chi connectivity index (χ2n) is 4.77. The average Bonchev–Trinajstić information content (AvgIpc) is 2.61. The lowest BCUT2D eigenvalue weighted by atomic mass is 10.2. The molecule has 2 amide bonds. The fraction of sp³-hybridized carbons (Fsp3) is 0.438. The van der Waals surface area contributed by atoms with Gasteiger partial charge >= 0.3 is 5.97 Å².